The summed E-state index contributed by atoms with van der Waals surface area (Å²) in [6.07, 6.45) is 1.36. The summed E-state index contributed by atoms with van der Waals surface area (Å²) in [6, 6.07) is 3.41. The average molecular weight is 371 g/mol. The van der Waals surface area contributed by atoms with Crippen LogP contribution in [0.5, 0.6) is 0 Å². The van der Waals surface area contributed by atoms with Crippen LogP contribution in [0.4, 0.5) is 14.6 Å². The van der Waals surface area contributed by atoms with E-state index < -0.39 is 11.6 Å². The van der Waals surface area contributed by atoms with Crippen LogP contribution in [0.25, 0.3) is 10.9 Å². The van der Waals surface area contributed by atoms with Crippen LogP contribution in [0.1, 0.15) is 11.3 Å². The fourth-order valence-electron chi connectivity index (χ4n) is 2.70. The Morgan fingerprint density at radius 2 is 1.88 bits per heavy atom. The average Bonchev–Trinajstić information content (AvgIpc) is 2.88. The normalized spacial score (nSPS) is 11.2. The maximum Gasteiger partial charge on any atom is 0.179 e. The molecule has 1 N–H and O–H groups in total. The second kappa shape index (κ2) is 6.53. The van der Waals surface area contributed by atoms with Gasteiger partial charge in [-0.15, -0.1) is 0 Å². The fraction of sp³-hybridized carbons (Fsp3) is 0.250. The van der Waals surface area contributed by atoms with Crippen LogP contribution >= 0.6 is 23.2 Å². The molecule has 1 aromatic carbocycles. The van der Waals surface area contributed by atoms with E-state index in [1.807, 2.05) is 11.5 Å². The summed E-state index contributed by atoms with van der Waals surface area (Å²) in [7, 11) is 0. The van der Waals surface area contributed by atoms with Crippen molar-refractivity contribution in [2.75, 3.05) is 11.9 Å². The number of aryl methyl sites for hydroxylation is 2. The first kappa shape index (κ1) is 16.9. The van der Waals surface area contributed by atoms with E-state index in [9.17, 15) is 8.78 Å². The van der Waals surface area contributed by atoms with E-state index in [0.717, 1.165) is 5.69 Å². The van der Waals surface area contributed by atoms with E-state index in [0.29, 0.717) is 35.0 Å². The van der Waals surface area contributed by atoms with E-state index in [-0.39, 0.29) is 10.6 Å². The first-order chi connectivity index (χ1) is 11.4. The maximum atomic E-state index is 14.0. The number of nitrogens with one attached hydrogen (secondary N) is 1. The highest BCUT2D eigenvalue weighted by atomic mass is 35.5. The lowest BCUT2D eigenvalue weighted by Gasteiger charge is -2.12. The Morgan fingerprint density at radius 1 is 1.12 bits per heavy atom. The zero-order valence-corrected chi connectivity index (χ0v) is 14.5. The minimum absolute atomic E-state index is 0.203. The first-order valence-corrected chi connectivity index (χ1v) is 8.00. The van der Waals surface area contributed by atoms with Crippen molar-refractivity contribution < 1.29 is 8.78 Å². The molecule has 2 aromatic heterocycles. The Hall–Kier alpha value is -1.92. The van der Waals surface area contributed by atoms with Gasteiger partial charge in [0, 0.05) is 30.2 Å². The van der Waals surface area contributed by atoms with Crippen LogP contribution in [0, 0.1) is 25.5 Å². The van der Waals surface area contributed by atoms with Crippen LogP contribution in [0.15, 0.2) is 18.5 Å². The lowest BCUT2D eigenvalue weighted by atomic mass is 10.1. The molecular weight excluding hydrogens is 357 g/mol. The molecule has 8 heteroatoms. The standard InChI is InChI=1S/C16H14Cl2F2N4/c1-8-5-10-9(2)14(19)15(20)13(18)16(10)24(8)4-3-21-12-6-11(17)22-7-23-12/h5-7H,3-4H2,1-2H3,(H,21,22,23). The van der Waals surface area contributed by atoms with Crippen molar-refractivity contribution in [3.05, 3.63) is 51.5 Å². The molecule has 0 atom stereocenters. The molecule has 4 nitrogen and oxygen atoms in total. The quantitative estimate of drug-likeness (QED) is 0.532. The van der Waals surface area contributed by atoms with Gasteiger partial charge in [-0.25, -0.2) is 18.7 Å². The SMILES string of the molecule is Cc1c(F)c(F)c(Cl)c2c1cc(C)n2CCNc1cc(Cl)ncn1. The number of hydrogen-bond donors (Lipinski definition) is 1. The van der Waals surface area contributed by atoms with Gasteiger partial charge in [-0.1, -0.05) is 23.2 Å². The smallest absolute Gasteiger partial charge is 0.179 e. The monoisotopic (exact) mass is 370 g/mol. The lowest BCUT2D eigenvalue weighted by Crippen LogP contribution is -2.12. The van der Waals surface area contributed by atoms with Gasteiger partial charge >= 0.3 is 0 Å². The molecule has 24 heavy (non-hydrogen) atoms. The lowest BCUT2D eigenvalue weighted by molar-refractivity contribution is 0.505. The first-order valence-electron chi connectivity index (χ1n) is 7.24. The summed E-state index contributed by atoms with van der Waals surface area (Å²) in [5.41, 5.74) is 1.61. The molecule has 0 spiro atoms. The largest absolute Gasteiger partial charge is 0.368 e. The van der Waals surface area contributed by atoms with E-state index in [2.05, 4.69) is 15.3 Å². The van der Waals surface area contributed by atoms with Crippen LogP contribution < -0.4 is 5.32 Å². The number of fused-ring (bicyclic) bond motifs is 1. The zero-order chi connectivity index (χ0) is 17.4. The Bertz CT molecular complexity index is 924. The van der Waals surface area contributed by atoms with Gasteiger partial charge in [0.05, 0.1) is 5.52 Å². The van der Waals surface area contributed by atoms with Crippen molar-refractivity contribution in [2.24, 2.45) is 0 Å². The molecule has 126 valence electrons. The minimum Gasteiger partial charge on any atom is -0.368 e. The highest BCUT2D eigenvalue weighted by Crippen LogP contribution is 2.34. The topological polar surface area (TPSA) is 42.7 Å². The van der Waals surface area contributed by atoms with E-state index >= 15 is 0 Å². The summed E-state index contributed by atoms with van der Waals surface area (Å²) in [4.78, 5) is 7.86. The molecule has 3 rings (SSSR count). The maximum absolute atomic E-state index is 14.0. The summed E-state index contributed by atoms with van der Waals surface area (Å²) in [5, 5.41) is 3.86. The van der Waals surface area contributed by atoms with Gasteiger partial charge in [-0.2, -0.15) is 0 Å². The molecule has 3 aromatic rings. The number of rotatable bonds is 4. The number of nitrogens with zero attached hydrogens (tertiary/aromatic N) is 3. The Morgan fingerprint density at radius 3 is 2.58 bits per heavy atom. The van der Waals surface area contributed by atoms with Crippen molar-refractivity contribution >= 4 is 39.9 Å². The number of benzene rings is 1. The molecule has 0 saturated carbocycles. The predicted octanol–water partition coefficient (Wildman–Crippen LogP) is 4.75. The molecular formula is C16H14Cl2F2N4. The van der Waals surface area contributed by atoms with Gasteiger partial charge in [0.15, 0.2) is 11.6 Å². The summed E-state index contributed by atoms with van der Waals surface area (Å²) in [5.74, 6) is -1.33. The van der Waals surface area contributed by atoms with Gasteiger partial charge in [-0.3, -0.25) is 0 Å². The van der Waals surface area contributed by atoms with E-state index in [1.54, 1.807) is 19.1 Å². The minimum atomic E-state index is -1.02. The summed E-state index contributed by atoms with van der Waals surface area (Å²) < 4.78 is 29.7. The van der Waals surface area contributed by atoms with Crippen molar-refractivity contribution in [3.63, 3.8) is 0 Å². The highest BCUT2D eigenvalue weighted by Gasteiger charge is 2.20. The second-order valence-corrected chi connectivity index (χ2v) is 6.18. The third-order valence-electron chi connectivity index (χ3n) is 3.91. The molecule has 0 aliphatic carbocycles. The molecule has 0 aliphatic rings. The summed E-state index contributed by atoms with van der Waals surface area (Å²) in [6.45, 7) is 4.42. The number of hydrogen-bond acceptors (Lipinski definition) is 3. The van der Waals surface area contributed by atoms with Gasteiger partial charge in [-0.05, 0) is 25.5 Å². The van der Waals surface area contributed by atoms with Crippen molar-refractivity contribution in [2.45, 2.75) is 20.4 Å². The molecule has 0 saturated heterocycles. The molecule has 2 heterocycles. The van der Waals surface area contributed by atoms with Crippen molar-refractivity contribution in [3.8, 4) is 0 Å². The van der Waals surface area contributed by atoms with Crippen molar-refractivity contribution in [1.29, 1.82) is 0 Å². The van der Waals surface area contributed by atoms with Crippen LogP contribution in [0.3, 0.4) is 0 Å². The molecule has 0 radical (unpaired) electrons. The highest BCUT2D eigenvalue weighted by molar-refractivity contribution is 6.35. The number of halogens is 4. The predicted molar refractivity (Wildman–Crippen MR) is 91.9 cm³/mol. The van der Waals surface area contributed by atoms with Crippen LogP contribution in [-0.4, -0.2) is 21.1 Å². The Balaban J connectivity index is 1.91. The molecule has 0 bridgehead atoms. The van der Waals surface area contributed by atoms with Crippen molar-refractivity contribution in [1.82, 2.24) is 14.5 Å². The van der Waals surface area contributed by atoms with E-state index in [4.69, 9.17) is 23.2 Å². The molecule has 0 unspecified atom stereocenters. The second-order valence-electron chi connectivity index (χ2n) is 5.42. The van der Waals surface area contributed by atoms with Gasteiger partial charge < -0.3 is 9.88 Å². The van der Waals surface area contributed by atoms with Gasteiger partial charge in [0.25, 0.3) is 0 Å². The Labute approximate surface area is 147 Å². The fourth-order valence-corrected chi connectivity index (χ4v) is 3.13. The van der Waals surface area contributed by atoms with Crippen LogP contribution in [0.2, 0.25) is 10.2 Å². The molecule has 0 fully saturated rings. The molecule has 0 aliphatic heterocycles. The van der Waals surface area contributed by atoms with Crippen LogP contribution in [-0.2, 0) is 6.54 Å². The van der Waals surface area contributed by atoms with Gasteiger partial charge in [0.1, 0.15) is 22.3 Å². The number of aromatic nitrogens is 3. The summed E-state index contributed by atoms with van der Waals surface area (Å²) >= 11 is 11.9. The third-order valence-corrected chi connectivity index (χ3v) is 4.46. The molecule has 0 amide bonds. The zero-order valence-electron chi connectivity index (χ0n) is 13.0. The third kappa shape index (κ3) is 2.91. The number of anilines is 1. The Kier molecular flexibility index (Phi) is 4.60. The van der Waals surface area contributed by atoms with Gasteiger partial charge in [0.2, 0.25) is 0 Å². The van der Waals surface area contributed by atoms with E-state index in [1.165, 1.54) is 6.33 Å².